The lowest BCUT2D eigenvalue weighted by atomic mass is 10.2. The van der Waals surface area contributed by atoms with Gasteiger partial charge >= 0.3 is 0 Å². The maximum atomic E-state index is 11.8. The molecule has 0 radical (unpaired) electrons. The van der Waals surface area contributed by atoms with Crippen molar-refractivity contribution in [2.75, 3.05) is 13.1 Å². The highest BCUT2D eigenvalue weighted by Gasteiger charge is 2.23. The Morgan fingerprint density at radius 2 is 1.73 bits per heavy atom. The van der Waals surface area contributed by atoms with Crippen LogP contribution in [-0.4, -0.2) is 36.9 Å². The van der Waals surface area contributed by atoms with Crippen molar-refractivity contribution < 1.29 is 14.4 Å². The summed E-state index contributed by atoms with van der Waals surface area (Å²) in [6.45, 7) is 0.209. The second kappa shape index (κ2) is 7.93. The van der Waals surface area contributed by atoms with Gasteiger partial charge in [0.1, 0.15) is 0 Å². The molecule has 0 aliphatic heterocycles. The molecule has 0 spiro atoms. The molecule has 0 bridgehead atoms. The Hall–Kier alpha value is -1.89. The van der Waals surface area contributed by atoms with Gasteiger partial charge in [0, 0.05) is 29.0 Å². The zero-order valence-corrected chi connectivity index (χ0v) is 13.6. The van der Waals surface area contributed by atoms with Crippen LogP contribution in [0, 0.1) is 0 Å². The van der Waals surface area contributed by atoms with Gasteiger partial charge in [-0.05, 0) is 37.1 Å². The maximum absolute atomic E-state index is 11.8. The SMILES string of the molecule is O=C(CCNC(=O)c1ccc(Br)cc1)NCC(=O)NC1CC1. The fourth-order valence-corrected chi connectivity index (χ4v) is 2.03. The molecular formula is C15H18BrN3O3. The zero-order chi connectivity index (χ0) is 15.9. The topological polar surface area (TPSA) is 87.3 Å². The summed E-state index contributed by atoms with van der Waals surface area (Å²) in [4.78, 5) is 34.8. The van der Waals surface area contributed by atoms with Crippen molar-refractivity contribution in [2.45, 2.75) is 25.3 Å². The minimum Gasteiger partial charge on any atom is -0.352 e. The van der Waals surface area contributed by atoms with Crippen LogP contribution in [0.1, 0.15) is 29.6 Å². The van der Waals surface area contributed by atoms with Crippen molar-refractivity contribution in [3.05, 3.63) is 34.3 Å². The highest BCUT2D eigenvalue weighted by Crippen LogP contribution is 2.18. The van der Waals surface area contributed by atoms with Crippen molar-refractivity contribution in [2.24, 2.45) is 0 Å². The summed E-state index contributed by atoms with van der Waals surface area (Å²) >= 11 is 3.30. The molecule has 1 fully saturated rings. The summed E-state index contributed by atoms with van der Waals surface area (Å²) in [6, 6.07) is 7.23. The second-order valence-electron chi connectivity index (χ2n) is 5.13. The van der Waals surface area contributed by atoms with E-state index in [0.717, 1.165) is 17.3 Å². The molecule has 1 aliphatic rings. The predicted molar refractivity (Wildman–Crippen MR) is 85.3 cm³/mol. The van der Waals surface area contributed by atoms with E-state index in [2.05, 4.69) is 31.9 Å². The average Bonchev–Trinajstić information content (AvgIpc) is 3.29. The largest absolute Gasteiger partial charge is 0.352 e. The quantitative estimate of drug-likeness (QED) is 0.670. The van der Waals surface area contributed by atoms with Crippen LogP contribution >= 0.6 is 15.9 Å². The standard InChI is InChI=1S/C15H18BrN3O3/c16-11-3-1-10(2-4-11)15(22)17-8-7-13(20)18-9-14(21)19-12-5-6-12/h1-4,12H,5-9H2,(H,17,22)(H,18,20)(H,19,21). The molecular weight excluding hydrogens is 350 g/mol. The minimum atomic E-state index is -0.262. The van der Waals surface area contributed by atoms with Gasteiger partial charge in [0.25, 0.3) is 5.91 Å². The van der Waals surface area contributed by atoms with Crippen LogP contribution in [0.5, 0.6) is 0 Å². The average molecular weight is 368 g/mol. The highest BCUT2D eigenvalue weighted by molar-refractivity contribution is 9.10. The number of nitrogens with one attached hydrogen (secondary N) is 3. The number of hydrogen-bond donors (Lipinski definition) is 3. The van der Waals surface area contributed by atoms with Crippen molar-refractivity contribution >= 4 is 33.7 Å². The van der Waals surface area contributed by atoms with Gasteiger partial charge in [0.15, 0.2) is 0 Å². The molecule has 0 aromatic heterocycles. The molecule has 22 heavy (non-hydrogen) atoms. The van der Waals surface area contributed by atoms with E-state index in [4.69, 9.17) is 0 Å². The first-order valence-electron chi connectivity index (χ1n) is 7.14. The van der Waals surface area contributed by atoms with Crippen LogP contribution in [0.2, 0.25) is 0 Å². The van der Waals surface area contributed by atoms with Gasteiger partial charge in [0.05, 0.1) is 6.54 Å². The molecule has 1 saturated carbocycles. The van der Waals surface area contributed by atoms with E-state index >= 15 is 0 Å². The Bertz CT molecular complexity index is 556. The Morgan fingerprint density at radius 1 is 1.05 bits per heavy atom. The van der Waals surface area contributed by atoms with Crippen LogP contribution < -0.4 is 16.0 Å². The molecule has 118 valence electrons. The Morgan fingerprint density at radius 3 is 2.36 bits per heavy atom. The minimum absolute atomic E-state index is 0.0179. The van der Waals surface area contributed by atoms with Crippen molar-refractivity contribution in [3.8, 4) is 0 Å². The van der Waals surface area contributed by atoms with Crippen molar-refractivity contribution in [1.82, 2.24) is 16.0 Å². The maximum Gasteiger partial charge on any atom is 0.251 e. The third kappa shape index (κ3) is 5.85. The molecule has 3 N–H and O–H groups in total. The lowest BCUT2D eigenvalue weighted by Gasteiger charge is -2.07. The normalized spacial score (nSPS) is 13.3. The smallest absolute Gasteiger partial charge is 0.251 e. The van der Waals surface area contributed by atoms with Crippen LogP contribution in [0.25, 0.3) is 0 Å². The fraction of sp³-hybridized carbons (Fsp3) is 0.400. The van der Waals surface area contributed by atoms with E-state index in [0.29, 0.717) is 5.56 Å². The molecule has 7 heteroatoms. The van der Waals surface area contributed by atoms with Gasteiger partial charge in [-0.1, -0.05) is 15.9 Å². The van der Waals surface area contributed by atoms with Gasteiger partial charge < -0.3 is 16.0 Å². The van der Waals surface area contributed by atoms with E-state index in [-0.39, 0.29) is 43.3 Å². The molecule has 1 aromatic rings. The van der Waals surface area contributed by atoms with Crippen LogP contribution in [0.4, 0.5) is 0 Å². The third-order valence-electron chi connectivity index (χ3n) is 3.13. The highest BCUT2D eigenvalue weighted by atomic mass is 79.9. The number of rotatable bonds is 7. The lowest BCUT2D eigenvalue weighted by Crippen LogP contribution is -2.39. The molecule has 0 atom stereocenters. The van der Waals surface area contributed by atoms with E-state index in [1.165, 1.54) is 0 Å². The predicted octanol–water partition coefficient (Wildman–Crippen LogP) is 0.964. The number of carbonyl (C=O) groups is 3. The van der Waals surface area contributed by atoms with Gasteiger partial charge in [0.2, 0.25) is 11.8 Å². The summed E-state index contributed by atoms with van der Waals surface area (Å²) in [6.07, 6.45) is 2.17. The molecule has 0 saturated heterocycles. The number of amides is 3. The molecule has 1 aliphatic carbocycles. The summed E-state index contributed by atoms with van der Waals surface area (Å²) in [5, 5.41) is 7.97. The first-order valence-corrected chi connectivity index (χ1v) is 7.94. The van der Waals surface area contributed by atoms with E-state index in [9.17, 15) is 14.4 Å². The molecule has 2 rings (SSSR count). The zero-order valence-electron chi connectivity index (χ0n) is 12.0. The van der Waals surface area contributed by atoms with E-state index in [1.807, 2.05) is 0 Å². The van der Waals surface area contributed by atoms with Gasteiger partial charge in [-0.2, -0.15) is 0 Å². The monoisotopic (exact) mass is 367 g/mol. The molecule has 0 heterocycles. The molecule has 1 aromatic carbocycles. The fourth-order valence-electron chi connectivity index (χ4n) is 1.77. The Labute approximate surface area is 137 Å². The molecule has 0 unspecified atom stereocenters. The van der Waals surface area contributed by atoms with E-state index < -0.39 is 0 Å². The number of benzene rings is 1. The van der Waals surface area contributed by atoms with Crippen molar-refractivity contribution in [3.63, 3.8) is 0 Å². The summed E-state index contributed by atoms with van der Waals surface area (Å²) < 4.78 is 0.896. The molecule has 3 amide bonds. The third-order valence-corrected chi connectivity index (χ3v) is 3.66. The van der Waals surface area contributed by atoms with Crippen LogP contribution in [0.15, 0.2) is 28.7 Å². The number of hydrogen-bond acceptors (Lipinski definition) is 3. The lowest BCUT2D eigenvalue weighted by molar-refractivity contribution is -0.126. The second-order valence-corrected chi connectivity index (χ2v) is 6.05. The molecule has 6 nitrogen and oxygen atoms in total. The van der Waals surface area contributed by atoms with Crippen LogP contribution in [0.3, 0.4) is 0 Å². The van der Waals surface area contributed by atoms with Gasteiger partial charge in [-0.15, -0.1) is 0 Å². The van der Waals surface area contributed by atoms with Crippen LogP contribution in [-0.2, 0) is 9.59 Å². The van der Waals surface area contributed by atoms with Crippen molar-refractivity contribution in [1.29, 1.82) is 0 Å². The van der Waals surface area contributed by atoms with E-state index in [1.54, 1.807) is 24.3 Å². The van der Waals surface area contributed by atoms with Gasteiger partial charge in [-0.3, -0.25) is 14.4 Å². The number of carbonyl (C=O) groups excluding carboxylic acids is 3. The summed E-state index contributed by atoms with van der Waals surface area (Å²) in [5.41, 5.74) is 0.535. The summed E-state index contributed by atoms with van der Waals surface area (Å²) in [7, 11) is 0. The number of halogens is 1. The Kier molecular flexibility index (Phi) is 5.94. The Balaban J connectivity index is 1.60. The first-order chi connectivity index (χ1) is 10.5. The summed E-state index contributed by atoms with van der Waals surface area (Å²) in [5.74, 6) is -0.663. The van der Waals surface area contributed by atoms with Gasteiger partial charge in [-0.25, -0.2) is 0 Å². The first kappa shape index (κ1) is 16.5.